The van der Waals surface area contributed by atoms with E-state index in [2.05, 4.69) is 306 Å². The third-order valence-electron chi connectivity index (χ3n) is 19.8. The quantitative estimate of drug-likeness (QED) is 0.150. The molecular formula is C79H57NSi. The van der Waals surface area contributed by atoms with E-state index in [1.807, 2.05) is 0 Å². The van der Waals surface area contributed by atoms with Crippen molar-refractivity contribution in [1.82, 2.24) is 0 Å². The smallest absolute Gasteiger partial charge is 0.180 e. The van der Waals surface area contributed by atoms with Gasteiger partial charge in [-0.25, -0.2) is 0 Å². The van der Waals surface area contributed by atoms with Gasteiger partial charge in [0.25, 0.3) is 0 Å². The second-order valence-corrected chi connectivity index (χ2v) is 28.0. The van der Waals surface area contributed by atoms with Gasteiger partial charge in [-0.15, -0.1) is 0 Å². The zero-order valence-corrected chi connectivity index (χ0v) is 46.9. The summed E-state index contributed by atoms with van der Waals surface area (Å²) in [4.78, 5) is 2.56. The first-order valence-electron chi connectivity index (χ1n) is 28.8. The fourth-order valence-corrected chi connectivity index (χ4v) is 21.4. The molecular weight excluding hydrogens is 991 g/mol. The minimum atomic E-state index is -2.66. The first-order valence-corrected chi connectivity index (χ1v) is 30.8. The molecule has 2 heteroatoms. The summed E-state index contributed by atoms with van der Waals surface area (Å²) >= 11 is 0. The molecule has 1 spiro atoms. The fraction of sp³-hybridized carbons (Fsp3) is 0.0886. The summed E-state index contributed by atoms with van der Waals surface area (Å²) in [6.45, 7) is 9.64. The van der Waals surface area contributed by atoms with Crippen LogP contribution in [0, 0.1) is 0 Å². The van der Waals surface area contributed by atoms with E-state index in [0.29, 0.717) is 0 Å². The van der Waals surface area contributed by atoms with Crippen LogP contribution in [0.4, 0.5) is 17.1 Å². The van der Waals surface area contributed by atoms with Crippen molar-refractivity contribution in [3.8, 4) is 66.8 Å². The second kappa shape index (κ2) is 16.6. The van der Waals surface area contributed by atoms with E-state index in [-0.39, 0.29) is 10.8 Å². The topological polar surface area (TPSA) is 3.24 Å². The van der Waals surface area contributed by atoms with Crippen LogP contribution in [0.1, 0.15) is 72.2 Å². The van der Waals surface area contributed by atoms with Gasteiger partial charge < -0.3 is 4.90 Å². The highest BCUT2D eigenvalue weighted by atomic mass is 28.3. The van der Waals surface area contributed by atoms with Crippen molar-refractivity contribution in [1.29, 1.82) is 0 Å². The molecule has 5 aliphatic rings. The van der Waals surface area contributed by atoms with Crippen LogP contribution in [0.25, 0.3) is 66.8 Å². The van der Waals surface area contributed by atoms with Crippen LogP contribution in [0.15, 0.2) is 273 Å². The van der Waals surface area contributed by atoms with Gasteiger partial charge in [-0.2, -0.15) is 0 Å². The van der Waals surface area contributed by atoms with Gasteiger partial charge in [-0.1, -0.05) is 258 Å². The van der Waals surface area contributed by atoms with Crippen LogP contribution < -0.4 is 25.6 Å². The van der Waals surface area contributed by atoms with E-state index in [1.54, 1.807) is 0 Å². The Labute approximate surface area is 476 Å². The Balaban J connectivity index is 0.832. The van der Waals surface area contributed by atoms with Gasteiger partial charge >= 0.3 is 0 Å². The van der Waals surface area contributed by atoms with Crippen molar-refractivity contribution in [3.63, 3.8) is 0 Å². The lowest BCUT2D eigenvalue weighted by Crippen LogP contribution is -2.72. The van der Waals surface area contributed by atoms with Gasteiger partial charge in [0.05, 0.1) is 5.41 Å². The van der Waals surface area contributed by atoms with Crippen LogP contribution >= 0.6 is 0 Å². The van der Waals surface area contributed by atoms with Gasteiger partial charge in [0, 0.05) is 27.9 Å². The van der Waals surface area contributed by atoms with Gasteiger partial charge in [-0.3, -0.25) is 0 Å². The molecule has 0 unspecified atom stereocenters. The zero-order valence-electron chi connectivity index (χ0n) is 45.9. The molecule has 1 heterocycles. The summed E-state index contributed by atoms with van der Waals surface area (Å²) in [6.07, 6.45) is 0. The molecule has 0 aromatic heterocycles. The Morgan fingerprint density at radius 3 is 1.25 bits per heavy atom. The highest BCUT2D eigenvalue weighted by molar-refractivity contribution is 7.22. The van der Waals surface area contributed by atoms with E-state index in [4.69, 9.17) is 0 Å². The highest BCUT2D eigenvalue weighted by Gasteiger charge is 2.52. The van der Waals surface area contributed by atoms with Crippen molar-refractivity contribution < 1.29 is 0 Å². The van der Waals surface area contributed by atoms with E-state index < -0.39 is 13.5 Å². The Kier molecular flexibility index (Phi) is 9.55. The number of hydrogen-bond acceptors (Lipinski definition) is 1. The summed E-state index contributed by atoms with van der Waals surface area (Å²) in [5, 5.41) is 5.77. The first-order chi connectivity index (χ1) is 39.7. The van der Waals surface area contributed by atoms with E-state index >= 15 is 0 Å². The SMILES string of the molecule is CC1(C)c2ccc(N(c3ccc4c(c3)C(C)(C)c3ccccc3-4)c3ccc4c(c3)C3(c5ccccc5-c5ccccc53)c3ccccc3-4)cc2-c2ccc(-c3cccc([Si]4(c5ccccc5)c5ccccc5-c5ccccc54)c3)cc21. The van der Waals surface area contributed by atoms with Crippen LogP contribution in [0.2, 0.25) is 0 Å². The maximum absolute atomic E-state index is 2.66. The lowest BCUT2D eigenvalue weighted by molar-refractivity contribution is 0.660. The second-order valence-electron chi connectivity index (χ2n) is 24.3. The Morgan fingerprint density at radius 2 is 0.642 bits per heavy atom. The maximum atomic E-state index is 2.56. The van der Waals surface area contributed by atoms with Crippen molar-refractivity contribution in [2.24, 2.45) is 0 Å². The number of nitrogens with zero attached hydrogens (tertiary/aromatic N) is 1. The summed E-state index contributed by atoms with van der Waals surface area (Å²) in [7, 11) is -2.66. The molecule has 1 nitrogen and oxygen atoms in total. The Bertz CT molecular complexity index is 4560. The number of fused-ring (bicyclic) bond motifs is 19. The molecule has 12 aromatic rings. The number of hydrogen-bond donors (Lipinski definition) is 0. The van der Waals surface area contributed by atoms with Crippen LogP contribution in [0.3, 0.4) is 0 Å². The van der Waals surface area contributed by atoms with Gasteiger partial charge in [0.15, 0.2) is 8.07 Å². The molecule has 12 aromatic carbocycles. The normalized spacial score (nSPS) is 15.6. The molecule has 0 fully saturated rings. The highest BCUT2D eigenvalue weighted by Crippen LogP contribution is 2.64. The molecule has 0 N–H and O–H groups in total. The molecule has 0 atom stereocenters. The summed E-state index contributed by atoms with van der Waals surface area (Å²) in [5.41, 5.74) is 29.2. The lowest BCUT2D eigenvalue weighted by Gasteiger charge is -2.33. The average molecular weight is 1050 g/mol. The Hall–Kier alpha value is -9.34. The number of benzene rings is 12. The van der Waals surface area contributed by atoms with E-state index in [1.165, 1.54) is 132 Å². The Morgan fingerprint density at radius 1 is 0.247 bits per heavy atom. The molecule has 382 valence electrons. The van der Waals surface area contributed by atoms with Crippen molar-refractivity contribution in [3.05, 3.63) is 317 Å². The van der Waals surface area contributed by atoms with Gasteiger partial charge in [0.1, 0.15) is 0 Å². The molecule has 4 aliphatic carbocycles. The lowest BCUT2D eigenvalue weighted by atomic mass is 9.70. The van der Waals surface area contributed by atoms with Gasteiger partial charge in [0.2, 0.25) is 0 Å². The van der Waals surface area contributed by atoms with Gasteiger partial charge in [-0.05, 0) is 174 Å². The summed E-state index contributed by atoms with van der Waals surface area (Å²) in [6, 6.07) is 105. The average Bonchev–Trinajstić information content (AvgIpc) is 2.53. The van der Waals surface area contributed by atoms with Crippen LogP contribution in [0.5, 0.6) is 0 Å². The molecule has 0 saturated carbocycles. The third kappa shape index (κ3) is 6.05. The number of rotatable bonds is 6. The summed E-state index contributed by atoms with van der Waals surface area (Å²) in [5.74, 6) is 0. The van der Waals surface area contributed by atoms with Crippen LogP contribution in [-0.4, -0.2) is 8.07 Å². The largest absolute Gasteiger partial charge is 0.310 e. The van der Waals surface area contributed by atoms with Crippen molar-refractivity contribution >= 4 is 45.9 Å². The van der Waals surface area contributed by atoms with Crippen molar-refractivity contribution in [2.45, 2.75) is 43.9 Å². The van der Waals surface area contributed by atoms with E-state index in [9.17, 15) is 0 Å². The molecule has 81 heavy (non-hydrogen) atoms. The van der Waals surface area contributed by atoms with Crippen molar-refractivity contribution in [2.75, 3.05) is 4.90 Å². The van der Waals surface area contributed by atoms with E-state index in [0.717, 1.165) is 17.1 Å². The molecule has 1 aliphatic heterocycles. The minimum Gasteiger partial charge on any atom is -0.310 e. The predicted molar refractivity (Wildman–Crippen MR) is 341 cm³/mol. The fourth-order valence-electron chi connectivity index (χ4n) is 16.2. The summed E-state index contributed by atoms with van der Waals surface area (Å²) < 4.78 is 0. The molecule has 0 bridgehead atoms. The minimum absolute atomic E-state index is 0.164. The standard InChI is InChI=1S/C79H57NSi/c1-77(2)67-31-14-8-25-57(67)61-42-38-53(48-73(61)77)80(54-39-43-62-60-28-11-17-34-71(60)79(74(62)49-54)69-32-15-9-26-58(69)59-27-10-16-33-70(59)79)52-40-44-68-66(47-52)63-41-37-51(46-72(63)78(68,3)4)50-21-20-24-56(45-50)81(55-22-6-5-7-23-55)75-35-18-12-29-64(75)65-30-13-19-36-76(65)81/h5-49H,1-4H3. The zero-order chi connectivity index (χ0) is 54.0. The molecule has 0 saturated heterocycles. The third-order valence-corrected chi connectivity index (χ3v) is 24.6. The molecule has 17 rings (SSSR count). The first kappa shape index (κ1) is 46.6. The molecule has 0 amide bonds. The van der Waals surface area contributed by atoms with Crippen LogP contribution in [-0.2, 0) is 16.2 Å². The number of anilines is 3. The monoisotopic (exact) mass is 1050 g/mol. The maximum Gasteiger partial charge on any atom is 0.180 e. The molecule has 0 radical (unpaired) electrons. The predicted octanol–water partition coefficient (Wildman–Crippen LogP) is 17.1.